The molecular weight excluding hydrogens is 336 g/mol. The lowest BCUT2D eigenvalue weighted by atomic mass is 10.1. The number of nitrogens with one attached hydrogen (secondary N) is 1. The lowest BCUT2D eigenvalue weighted by molar-refractivity contribution is -0.127. The predicted molar refractivity (Wildman–Crippen MR) is 93.9 cm³/mol. The fourth-order valence-corrected chi connectivity index (χ4v) is 2.90. The highest BCUT2D eigenvalue weighted by molar-refractivity contribution is 6.01. The van der Waals surface area contributed by atoms with E-state index in [0.29, 0.717) is 25.2 Å². The first-order valence-electron chi connectivity index (χ1n) is 7.94. The van der Waals surface area contributed by atoms with Crippen molar-refractivity contribution in [1.29, 1.82) is 0 Å². The first-order chi connectivity index (χ1) is 12.4. The minimum atomic E-state index is -0.736. The van der Waals surface area contributed by atoms with E-state index in [1.165, 1.54) is 19.2 Å². The maximum Gasteiger partial charge on any atom is 0.269 e. The Morgan fingerprint density at radius 3 is 2.73 bits per heavy atom. The molecule has 1 aliphatic rings. The maximum absolute atomic E-state index is 11.9. The normalized spacial score (nSPS) is 13.0. The Morgan fingerprint density at radius 1 is 1.31 bits per heavy atom. The van der Waals surface area contributed by atoms with Crippen LogP contribution in [-0.2, 0) is 22.7 Å². The summed E-state index contributed by atoms with van der Waals surface area (Å²) in [6.07, 6.45) is 4.46. The largest absolute Gasteiger partial charge is 0.364 e. The van der Waals surface area contributed by atoms with Gasteiger partial charge in [0.2, 0.25) is 11.8 Å². The molecular formula is C17H18N6O3. The molecule has 2 aromatic heterocycles. The van der Waals surface area contributed by atoms with Gasteiger partial charge in [-0.05, 0) is 12.1 Å². The number of anilines is 1. The third-order valence-electron chi connectivity index (χ3n) is 4.10. The summed E-state index contributed by atoms with van der Waals surface area (Å²) in [5.41, 5.74) is 7.79. The van der Waals surface area contributed by atoms with E-state index in [2.05, 4.69) is 22.0 Å². The number of nitrogens with zero attached hydrogens (tertiary/aromatic N) is 4. The highest BCUT2D eigenvalue weighted by Crippen LogP contribution is 2.29. The van der Waals surface area contributed by atoms with E-state index in [1.807, 2.05) is 4.68 Å². The molecule has 9 heteroatoms. The standard InChI is InChI=1S/C17H18N6O3/c1-3-15(25)22-4-5-23-14(9-22)12(8-20-23)11-6-13(21-10(2)24)16(17(18)26)19-7-11/h3,6-8H,1,4-5,9H2,2H3,(H2,18,26)(H,21,24). The van der Waals surface area contributed by atoms with Crippen LogP contribution in [0.5, 0.6) is 0 Å². The van der Waals surface area contributed by atoms with Crippen molar-refractivity contribution in [3.8, 4) is 11.1 Å². The van der Waals surface area contributed by atoms with Crippen LogP contribution in [0.1, 0.15) is 23.1 Å². The highest BCUT2D eigenvalue weighted by atomic mass is 16.2. The van der Waals surface area contributed by atoms with E-state index in [-0.39, 0.29) is 23.2 Å². The minimum absolute atomic E-state index is 0.0200. The van der Waals surface area contributed by atoms with Crippen molar-refractivity contribution in [1.82, 2.24) is 19.7 Å². The second-order valence-corrected chi connectivity index (χ2v) is 5.86. The third kappa shape index (κ3) is 3.18. The molecule has 0 radical (unpaired) electrons. The molecule has 0 saturated carbocycles. The summed E-state index contributed by atoms with van der Waals surface area (Å²) in [6.45, 7) is 6.35. The van der Waals surface area contributed by atoms with Gasteiger partial charge in [-0.3, -0.25) is 19.1 Å². The van der Waals surface area contributed by atoms with Crippen LogP contribution in [0.2, 0.25) is 0 Å². The number of pyridine rings is 1. The summed E-state index contributed by atoms with van der Waals surface area (Å²) in [6, 6.07) is 1.63. The number of aromatic nitrogens is 3. The van der Waals surface area contributed by atoms with Crippen LogP contribution in [0.25, 0.3) is 11.1 Å². The van der Waals surface area contributed by atoms with Crippen molar-refractivity contribution in [2.24, 2.45) is 5.73 Å². The van der Waals surface area contributed by atoms with Crippen LogP contribution in [0, 0.1) is 0 Å². The Labute approximate surface area is 149 Å². The number of hydrogen-bond acceptors (Lipinski definition) is 5. The van der Waals surface area contributed by atoms with Crippen LogP contribution in [0.3, 0.4) is 0 Å². The van der Waals surface area contributed by atoms with Gasteiger partial charge in [0.15, 0.2) is 5.69 Å². The zero-order chi connectivity index (χ0) is 18.8. The predicted octanol–water partition coefficient (Wildman–Crippen LogP) is 0.531. The van der Waals surface area contributed by atoms with Gasteiger partial charge in [0, 0.05) is 30.8 Å². The van der Waals surface area contributed by atoms with Crippen LogP contribution in [0.4, 0.5) is 5.69 Å². The van der Waals surface area contributed by atoms with Crippen molar-refractivity contribution < 1.29 is 14.4 Å². The minimum Gasteiger partial charge on any atom is -0.364 e. The Kier molecular flexibility index (Phi) is 4.53. The van der Waals surface area contributed by atoms with Gasteiger partial charge in [0.25, 0.3) is 5.91 Å². The van der Waals surface area contributed by atoms with E-state index in [1.54, 1.807) is 17.2 Å². The summed E-state index contributed by atoms with van der Waals surface area (Å²) in [5.74, 6) is -1.23. The van der Waals surface area contributed by atoms with Gasteiger partial charge in [-0.25, -0.2) is 4.98 Å². The van der Waals surface area contributed by atoms with E-state index in [0.717, 1.165) is 11.3 Å². The summed E-state index contributed by atoms with van der Waals surface area (Å²) in [7, 11) is 0. The van der Waals surface area contributed by atoms with Gasteiger partial charge < -0.3 is 16.0 Å². The fraction of sp³-hybridized carbons (Fsp3) is 0.235. The Bertz CT molecular complexity index is 917. The van der Waals surface area contributed by atoms with Gasteiger partial charge >= 0.3 is 0 Å². The summed E-state index contributed by atoms with van der Waals surface area (Å²) < 4.78 is 1.82. The van der Waals surface area contributed by atoms with Crippen LogP contribution < -0.4 is 11.1 Å². The molecule has 0 bridgehead atoms. The van der Waals surface area contributed by atoms with Crippen molar-refractivity contribution in [2.45, 2.75) is 20.0 Å². The van der Waals surface area contributed by atoms with Crippen LogP contribution in [-0.4, -0.2) is 43.9 Å². The SMILES string of the molecule is C=CC(=O)N1CCn2ncc(-c3cnc(C(N)=O)c(NC(C)=O)c3)c2C1. The summed E-state index contributed by atoms with van der Waals surface area (Å²) in [5, 5.41) is 6.91. The van der Waals surface area contributed by atoms with Gasteiger partial charge in [0.1, 0.15) is 0 Å². The molecule has 0 aromatic carbocycles. The molecule has 0 atom stereocenters. The number of hydrogen-bond donors (Lipinski definition) is 2. The van der Waals surface area contributed by atoms with Crippen molar-refractivity contribution >= 4 is 23.4 Å². The molecule has 3 N–H and O–H groups in total. The number of fused-ring (bicyclic) bond motifs is 1. The van der Waals surface area contributed by atoms with Crippen LogP contribution in [0.15, 0.2) is 31.1 Å². The molecule has 0 spiro atoms. The molecule has 2 aromatic rings. The summed E-state index contributed by atoms with van der Waals surface area (Å²) in [4.78, 5) is 40.6. The lowest BCUT2D eigenvalue weighted by Crippen LogP contribution is -2.37. The lowest BCUT2D eigenvalue weighted by Gasteiger charge is -2.27. The quantitative estimate of drug-likeness (QED) is 0.775. The highest BCUT2D eigenvalue weighted by Gasteiger charge is 2.24. The van der Waals surface area contributed by atoms with Gasteiger partial charge in [0.05, 0.1) is 30.7 Å². The molecule has 0 unspecified atom stereocenters. The molecule has 0 saturated heterocycles. The molecule has 0 aliphatic carbocycles. The van der Waals surface area contributed by atoms with Gasteiger partial charge in [-0.15, -0.1) is 0 Å². The van der Waals surface area contributed by atoms with E-state index in [9.17, 15) is 14.4 Å². The van der Waals surface area contributed by atoms with Crippen molar-refractivity contribution in [2.75, 3.05) is 11.9 Å². The first-order valence-corrected chi connectivity index (χ1v) is 7.94. The molecule has 0 fully saturated rings. The van der Waals surface area contributed by atoms with E-state index < -0.39 is 5.91 Å². The Hall–Kier alpha value is -3.49. The third-order valence-corrected chi connectivity index (χ3v) is 4.10. The van der Waals surface area contributed by atoms with Crippen LogP contribution >= 0.6 is 0 Å². The molecule has 134 valence electrons. The van der Waals surface area contributed by atoms with E-state index in [4.69, 9.17) is 5.73 Å². The fourth-order valence-electron chi connectivity index (χ4n) is 2.90. The second kappa shape index (κ2) is 6.79. The summed E-state index contributed by atoms with van der Waals surface area (Å²) >= 11 is 0. The average Bonchev–Trinajstić information content (AvgIpc) is 3.03. The number of nitrogens with two attached hydrogens (primary N) is 1. The zero-order valence-corrected chi connectivity index (χ0v) is 14.2. The second-order valence-electron chi connectivity index (χ2n) is 5.86. The number of primary amides is 1. The van der Waals surface area contributed by atoms with E-state index >= 15 is 0 Å². The monoisotopic (exact) mass is 354 g/mol. The smallest absolute Gasteiger partial charge is 0.269 e. The molecule has 1 aliphatic heterocycles. The number of carbonyl (C=O) groups is 3. The molecule has 9 nitrogen and oxygen atoms in total. The first kappa shape index (κ1) is 17.3. The van der Waals surface area contributed by atoms with Gasteiger partial charge in [-0.2, -0.15) is 5.10 Å². The average molecular weight is 354 g/mol. The molecule has 26 heavy (non-hydrogen) atoms. The molecule has 3 heterocycles. The van der Waals surface area contributed by atoms with Crippen molar-refractivity contribution in [3.63, 3.8) is 0 Å². The number of rotatable bonds is 4. The van der Waals surface area contributed by atoms with Gasteiger partial charge in [-0.1, -0.05) is 6.58 Å². The maximum atomic E-state index is 11.9. The Balaban J connectivity index is 2.02. The number of amides is 3. The molecule has 3 amide bonds. The Morgan fingerprint density at radius 2 is 2.08 bits per heavy atom. The number of carbonyl (C=O) groups excluding carboxylic acids is 3. The zero-order valence-electron chi connectivity index (χ0n) is 14.2. The van der Waals surface area contributed by atoms with Crippen molar-refractivity contribution in [3.05, 3.63) is 42.5 Å². The topological polar surface area (TPSA) is 123 Å². The molecule has 3 rings (SSSR count).